The molecular formula is C17H30N4O3. The molecule has 2 N–H and O–H groups in total. The number of carbonyl (C=O) groups excluding carboxylic acids is 1. The Morgan fingerprint density at radius 1 is 1.29 bits per heavy atom. The average Bonchev–Trinajstić information content (AvgIpc) is 3.16. The van der Waals surface area contributed by atoms with Gasteiger partial charge >= 0.3 is 6.09 Å². The second kappa shape index (κ2) is 8.46. The molecule has 7 heteroatoms. The van der Waals surface area contributed by atoms with Gasteiger partial charge in [0.1, 0.15) is 5.60 Å². The standard InChI is InChI=1S/C17H30N4O3/c1-5-14-20-21-15(23-14)11-18-13(12-8-6-7-9-12)10-19-16(22)24-17(2,3)4/h12-13,18H,5-11H2,1-4H3,(H,19,22). The normalized spacial score (nSPS) is 17.0. The van der Waals surface area contributed by atoms with Crippen LogP contribution in [0.1, 0.15) is 65.2 Å². The highest BCUT2D eigenvalue weighted by Gasteiger charge is 2.26. The first-order chi connectivity index (χ1) is 11.4. The number of nitrogens with zero attached hydrogens (tertiary/aromatic N) is 2. The van der Waals surface area contributed by atoms with E-state index in [1.165, 1.54) is 25.7 Å². The molecule has 0 radical (unpaired) electrons. The predicted octanol–water partition coefficient (Wildman–Crippen LogP) is 2.81. The van der Waals surface area contributed by atoms with Crippen LogP contribution in [-0.2, 0) is 17.7 Å². The van der Waals surface area contributed by atoms with Crippen LogP contribution in [0.25, 0.3) is 0 Å². The molecule has 0 saturated heterocycles. The molecule has 0 aliphatic heterocycles. The van der Waals surface area contributed by atoms with Crippen molar-refractivity contribution in [2.45, 2.75) is 78.0 Å². The Morgan fingerprint density at radius 3 is 2.54 bits per heavy atom. The van der Waals surface area contributed by atoms with Crippen molar-refractivity contribution in [2.24, 2.45) is 5.92 Å². The molecule has 1 unspecified atom stereocenters. The first kappa shape index (κ1) is 18.7. The fraction of sp³-hybridized carbons (Fsp3) is 0.824. The molecule has 1 aromatic heterocycles. The van der Waals surface area contributed by atoms with E-state index < -0.39 is 5.60 Å². The molecule has 1 heterocycles. The number of aryl methyl sites for hydroxylation is 1. The number of aromatic nitrogens is 2. The molecule has 1 aliphatic rings. The summed E-state index contributed by atoms with van der Waals surface area (Å²) in [5, 5.41) is 14.4. The smallest absolute Gasteiger partial charge is 0.407 e. The van der Waals surface area contributed by atoms with Crippen molar-refractivity contribution in [2.75, 3.05) is 6.54 Å². The summed E-state index contributed by atoms with van der Waals surface area (Å²) in [5.41, 5.74) is -0.485. The molecule has 0 bridgehead atoms. The van der Waals surface area contributed by atoms with Crippen molar-refractivity contribution in [3.8, 4) is 0 Å². The molecule has 7 nitrogen and oxygen atoms in total. The molecule has 136 valence electrons. The molecule has 1 atom stereocenters. The molecule has 0 spiro atoms. The van der Waals surface area contributed by atoms with Crippen LogP contribution >= 0.6 is 0 Å². The first-order valence-electron chi connectivity index (χ1n) is 8.89. The van der Waals surface area contributed by atoms with Crippen molar-refractivity contribution in [1.29, 1.82) is 0 Å². The zero-order valence-electron chi connectivity index (χ0n) is 15.2. The number of hydrogen-bond acceptors (Lipinski definition) is 6. The van der Waals surface area contributed by atoms with Gasteiger partial charge < -0.3 is 19.8 Å². The Balaban J connectivity index is 1.86. The summed E-state index contributed by atoms with van der Waals surface area (Å²) in [6.07, 6.45) is 5.21. The minimum absolute atomic E-state index is 0.178. The fourth-order valence-corrected chi connectivity index (χ4v) is 2.99. The van der Waals surface area contributed by atoms with Crippen molar-refractivity contribution in [3.63, 3.8) is 0 Å². The second-order valence-corrected chi connectivity index (χ2v) is 7.36. The van der Waals surface area contributed by atoms with E-state index in [1.54, 1.807) is 0 Å². The molecule has 2 rings (SSSR count). The lowest BCUT2D eigenvalue weighted by molar-refractivity contribution is 0.0518. The average molecular weight is 338 g/mol. The van der Waals surface area contributed by atoms with Gasteiger partial charge in [0, 0.05) is 19.0 Å². The Hall–Kier alpha value is -1.63. The van der Waals surface area contributed by atoms with Gasteiger partial charge in [-0.25, -0.2) is 4.79 Å². The maximum Gasteiger partial charge on any atom is 0.407 e. The van der Waals surface area contributed by atoms with E-state index in [0.29, 0.717) is 30.8 Å². The number of rotatable bonds is 7. The molecule has 1 aliphatic carbocycles. The molecule has 1 aromatic rings. The van der Waals surface area contributed by atoms with Crippen LogP contribution in [0.5, 0.6) is 0 Å². The monoisotopic (exact) mass is 338 g/mol. The molecule has 1 saturated carbocycles. The number of alkyl carbamates (subject to hydrolysis) is 1. The van der Waals surface area contributed by atoms with Crippen molar-refractivity contribution in [3.05, 3.63) is 11.8 Å². The highest BCUT2D eigenvalue weighted by molar-refractivity contribution is 5.67. The fourth-order valence-electron chi connectivity index (χ4n) is 2.99. The van der Waals surface area contributed by atoms with Gasteiger partial charge in [-0.3, -0.25) is 0 Å². The van der Waals surface area contributed by atoms with Crippen molar-refractivity contribution in [1.82, 2.24) is 20.8 Å². The van der Waals surface area contributed by atoms with Gasteiger partial charge in [0.15, 0.2) is 0 Å². The third-order valence-electron chi connectivity index (χ3n) is 4.16. The summed E-state index contributed by atoms with van der Waals surface area (Å²) in [6, 6.07) is 0.178. The number of carbonyl (C=O) groups is 1. The lowest BCUT2D eigenvalue weighted by Gasteiger charge is -2.26. The van der Waals surface area contributed by atoms with Gasteiger partial charge in [-0.1, -0.05) is 19.8 Å². The quantitative estimate of drug-likeness (QED) is 0.794. The van der Waals surface area contributed by atoms with E-state index in [1.807, 2.05) is 27.7 Å². The third kappa shape index (κ3) is 6.11. The van der Waals surface area contributed by atoms with Crippen molar-refractivity contribution >= 4 is 6.09 Å². The van der Waals surface area contributed by atoms with Crippen molar-refractivity contribution < 1.29 is 13.9 Å². The summed E-state index contributed by atoms with van der Waals surface area (Å²) in [7, 11) is 0. The number of amides is 1. The van der Waals surface area contributed by atoms with Gasteiger partial charge in [-0.15, -0.1) is 10.2 Å². The summed E-state index contributed by atoms with van der Waals surface area (Å²) in [4.78, 5) is 11.9. The molecule has 1 amide bonds. The number of nitrogens with one attached hydrogen (secondary N) is 2. The predicted molar refractivity (Wildman–Crippen MR) is 90.5 cm³/mol. The highest BCUT2D eigenvalue weighted by Crippen LogP contribution is 2.27. The van der Waals surface area contributed by atoms with Crippen LogP contribution < -0.4 is 10.6 Å². The Morgan fingerprint density at radius 2 is 1.96 bits per heavy atom. The maximum absolute atomic E-state index is 11.9. The first-order valence-corrected chi connectivity index (χ1v) is 8.89. The molecule has 24 heavy (non-hydrogen) atoms. The van der Waals surface area contributed by atoms with E-state index in [9.17, 15) is 4.79 Å². The summed E-state index contributed by atoms with van der Waals surface area (Å²) in [6.45, 7) is 8.62. The van der Waals surface area contributed by atoms with E-state index >= 15 is 0 Å². The molecule has 0 aromatic carbocycles. The van der Waals surface area contributed by atoms with E-state index in [2.05, 4.69) is 20.8 Å². The maximum atomic E-state index is 11.9. The lowest BCUT2D eigenvalue weighted by atomic mass is 9.98. The molecule has 1 fully saturated rings. The van der Waals surface area contributed by atoms with Gasteiger partial charge in [0.2, 0.25) is 11.8 Å². The number of ether oxygens (including phenoxy) is 1. The van der Waals surface area contributed by atoms with Gasteiger partial charge in [-0.05, 0) is 39.5 Å². The lowest BCUT2D eigenvalue weighted by Crippen LogP contribution is -2.45. The van der Waals surface area contributed by atoms with Gasteiger partial charge in [-0.2, -0.15) is 0 Å². The minimum Gasteiger partial charge on any atom is -0.444 e. The SMILES string of the molecule is CCc1nnc(CNC(CNC(=O)OC(C)(C)C)C2CCCC2)o1. The van der Waals surface area contributed by atoms with Crippen LogP contribution in [0, 0.1) is 5.92 Å². The summed E-state index contributed by atoms with van der Waals surface area (Å²) >= 11 is 0. The van der Waals surface area contributed by atoms with Crippen LogP contribution in [0.4, 0.5) is 4.79 Å². The third-order valence-corrected chi connectivity index (χ3v) is 4.16. The highest BCUT2D eigenvalue weighted by atomic mass is 16.6. The second-order valence-electron chi connectivity index (χ2n) is 7.36. The van der Waals surface area contributed by atoms with Crippen LogP contribution in [0.3, 0.4) is 0 Å². The summed E-state index contributed by atoms with van der Waals surface area (Å²) < 4.78 is 10.9. The van der Waals surface area contributed by atoms with E-state index in [4.69, 9.17) is 9.15 Å². The summed E-state index contributed by atoms with van der Waals surface area (Å²) in [5.74, 6) is 1.79. The van der Waals surface area contributed by atoms with Crippen LogP contribution in [0.2, 0.25) is 0 Å². The van der Waals surface area contributed by atoms with Crippen LogP contribution in [-0.4, -0.2) is 34.5 Å². The Bertz CT molecular complexity index is 518. The largest absolute Gasteiger partial charge is 0.444 e. The zero-order chi connectivity index (χ0) is 17.6. The van der Waals surface area contributed by atoms with Crippen LogP contribution in [0.15, 0.2) is 4.42 Å². The Kier molecular flexibility index (Phi) is 6.60. The van der Waals surface area contributed by atoms with E-state index in [-0.39, 0.29) is 12.1 Å². The Labute approximate surface area is 143 Å². The zero-order valence-corrected chi connectivity index (χ0v) is 15.2. The minimum atomic E-state index is -0.485. The number of hydrogen-bond donors (Lipinski definition) is 2. The van der Waals surface area contributed by atoms with Gasteiger partial charge in [0.05, 0.1) is 6.54 Å². The van der Waals surface area contributed by atoms with E-state index in [0.717, 1.165) is 6.42 Å². The molecular weight excluding hydrogens is 308 g/mol. The topological polar surface area (TPSA) is 89.3 Å². The van der Waals surface area contributed by atoms with Gasteiger partial charge in [0.25, 0.3) is 0 Å².